The minimum Gasteiger partial charge on any atom is -0.296 e. The zero-order valence-electron chi connectivity index (χ0n) is 18.2. The first-order chi connectivity index (χ1) is 14.3. The second-order valence-corrected chi connectivity index (χ2v) is 16.9. The first-order valence-electron chi connectivity index (χ1n) is 10.6. The smallest absolute Gasteiger partial charge is 0.208 e. The highest BCUT2D eigenvalue weighted by Crippen LogP contribution is 2.64. The Kier molecular flexibility index (Phi) is 5.72. The third-order valence-electron chi connectivity index (χ3n) is 5.57. The van der Waals surface area contributed by atoms with Crippen LogP contribution in [-0.4, -0.2) is 18.8 Å². The predicted molar refractivity (Wildman–Crippen MR) is 132 cm³/mol. The summed E-state index contributed by atoms with van der Waals surface area (Å²) in [7, 11) is -4.32. The number of benzene rings is 3. The van der Waals surface area contributed by atoms with E-state index in [2.05, 4.69) is 67.3 Å². The molecule has 3 aromatic carbocycles. The average Bonchev–Trinajstić information content (AvgIpc) is 3.48. The van der Waals surface area contributed by atoms with Crippen LogP contribution in [0, 0.1) is 6.92 Å². The zero-order chi connectivity index (χ0) is 21.4. The summed E-state index contributed by atoms with van der Waals surface area (Å²) in [5.74, 6) is 0. The van der Waals surface area contributed by atoms with Crippen molar-refractivity contribution in [1.29, 1.82) is 0 Å². The molecule has 0 spiro atoms. The lowest BCUT2D eigenvalue weighted by Gasteiger charge is -2.22. The Morgan fingerprint density at radius 2 is 1.30 bits per heavy atom. The van der Waals surface area contributed by atoms with Crippen LogP contribution in [0.2, 0.25) is 19.6 Å². The Hall–Kier alpha value is -2.19. The minimum absolute atomic E-state index is 0.129. The fourth-order valence-electron chi connectivity index (χ4n) is 3.97. The molecular formula is C26H30NOPSi. The molecule has 3 atom stereocenters. The number of hydrogen-bond acceptors (Lipinski definition) is 1. The maximum atomic E-state index is 14.9. The number of rotatable bonds is 6. The van der Waals surface area contributed by atoms with Gasteiger partial charge >= 0.3 is 0 Å². The summed E-state index contributed by atoms with van der Waals surface area (Å²) in [4.78, 5) is 0. The molecular weight excluding hydrogens is 401 g/mol. The Morgan fingerprint density at radius 3 is 1.77 bits per heavy atom. The van der Waals surface area contributed by atoms with E-state index in [1.807, 2.05) is 60.7 Å². The van der Waals surface area contributed by atoms with E-state index in [4.69, 9.17) is 0 Å². The van der Waals surface area contributed by atoms with E-state index in [0.29, 0.717) is 0 Å². The first-order valence-corrected chi connectivity index (χ1v) is 15.8. The molecule has 154 valence electrons. The molecule has 0 aliphatic carbocycles. The van der Waals surface area contributed by atoms with Crippen molar-refractivity contribution in [1.82, 2.24) is 4.67 Å². The van der Waals surface area contributed by atoms with Crippen LogP contribution in [0.3, 0.4) is 0 Å². The molecule has 1 fully saturated rings. The van der Waals surface area contributed by atoms with Crippen LogP contribution in [-0.2, 0) is 4.57 Å². The van der Waals surface area contributed by atoms with E-state index in [0.717, 1.165) is 10.6 Å². The van der Waals surface area contributed by atoms with Gasteiger partial charge in [0.25, 0.3) is 0 Å². The Morgan fingerprint density at radius 1 is 0.800 bits per heavy atom. The lowest BCUT2D eigenvalue weighted by Crippen LogP contribution is -2.22. The van der Waals surface area contributed by atoms with Gasteiger partial charge in [-0.25, -0.2) is 4.67 Å². The third-order valence-corrected chi connectivity index (χ3v) is 9.93. The van der Waals surface area contributed by atoms with Gasteiger partial charge in [-0.3, -0.25) is 4.57 Å². The van der Waals surface area contributed by atoms with Crippen molar-refractivity contribution < 1.29 is 4.57 Å². The average molecular weight is 432 g/mol. The van der Waals surface area contributed by atoms with Crippen LogP contribution in [0.25, 0.3) is 0 Å². The summed E-state index contributed by atoms with van der Waals surface area (Å²) in [6.45, 7) is 9.12. The summed E-state index contributed by atoms with van der Waals surface area (Å²) >= 11 is 0. The van der Waals surface area contributed by atoms with Gasteiger partial charge in [-0.2, -0.15) is 0 Å². The van der Waals surface area contributed by atoms with Crippen LogP contribution < -0.4 is 10.6 Å². The molecule has 0 N–H and O–H groups in total. The minimum atomic E-state index is -2.96. The molecule has 4 rings (SSSR count). The van der Waals surface area contributed by atoms with Crippen molar-refractivity contribution in [2.45, 2.75) is 38.6 Å². The summed E-state index contributed by atoms with van der Waals surface area (Å²) in [6.07, 6.45) is 2.31. The van der Waals surface area contributed by atoms with Crippen molar-refractivity contribution in [3.63, 3.8) is 0 Å². The van der Waals surface area contributed by atoms with Crippen LogP contribution in [0.5, 0.6) is 0 Å². The molecule has 0 amide bonds. The SMILES string of the molecule is Cc1ccc([C@H]2[C@H](/C=C/[Si](C)(C)C)N2P(=O)(c2ccccc2)c2ccccc2)cc1. The molecule has 1 saturated heterocycles. The molecule has 0 aromatic heterocycles. The normalized spacial score (nSPS) is 21.7. The van der Waals surface area contributed by atoms with Crippen LogP contribution in [0.4, 0.5) is 0 Å². The second kappa shape index (κ2) is 8.15. The molecule has 4 heteroatoms. The summed E-state index contributed by atoms with van der Waals surface area (Å²) in [5, 5.41) is 1.80. The van der Waals surface area contributed by atoms with Gasteiger partial charge in [0, 0.05) is 10.6 Å². The number of hydrogen-bond donors (Lipinski definition) is 0. The molecule has 1 unspecified atom stereocenters. The van der Waals surface area contributed by atoms with Crippen LogP contribution in [0.1, 0.15) is 17.2 Å². The summed E-state index contributed by atoms with van der Waals surface area (Å²) in [5.41, 5.74) is 4.87. The van der Waals surface area contributed by atoms with Gasteiger partial charge in [0.2, 0.25) is 7.29 Å². The van der Waals surface area contributed by atoms with E-state index in [9.17, 15) is 4.57 Å². The lowest BCUT2D eigenvalue weighted by molar-refractivity contribution is 0.557. The zero-order valence-corrected chi connectivity index (χ0v) is 20.1. The van der Waals surface area contributed by atoms with Crippen LogP contribution >= 0.6 is 7.29 Å². The molecule has 2 nitrogen and oxygen atoms in total. The van der Waals surface area contributed by atoms with E-state index < -0.39 is 15.4 Å². The van der Waals surface area contributed by atoms with Crippen LogP contribution in [0.15, 0.2) is 96.7 Å². The number of aryl methyl sites for hydroxylation is 1. The maximum Gasteiger partial charge on any atom is 0.208 e. The number of nitrogens with zero attached hydrogens (tertiary/aromatic N) is 1. The summed E-state index contributed by atoms with van der Waals surface area (Å²) < 4.78 is 17.1. The first kappa shape index (κ1) is 21.1. The van der Waals surface area contributed by atoms with Gasteiger partial charge in [-0.1, -0.05) is 97.6 Å². The van der Waals surface area contributed by atoms with Gasteiger partial charge in [0.15, 0.2) is 0 Å². The monoisotopic (exact) mass is 431 g/mol. The maximum absolute atomic E-state index is 14.9. The predicted octanol–water partition coefficient (Wildman–Crippen LogP) is 6.08. The molecule has 3 aromatic rings. The van der Waals surface area contributed by atoms with Gasteiger partial charge in [-0.05, 0) is 36.8 Å². The van der Waals surface area contributed by atoms with E-state index in [1.54, 1.807) is 0 Å². The molecule has 1 aliphatic rings. The van der Waals surface area contributed by atoms with Crippen molar-refractivity contribution in [2.24, 2.45) is 0 Å². The standard InChI is InChI=1S/C26H30NOPSi/c1-21-15-17-22(18-16-21)26-25(19-20-30(2,3)4)27(26)29(28,23-11-7-5-8-12-23)24-13-9-6-10-14-24/h5-20,25-26H,1-4H3/b20-19+/t25-,26-,27?/m0/s1. The highest BCUT2D eigenvalue weighted by atomic mass is 31.2. The molecule has 1 heterocycles. The van der Waals surface area contributed by atoms with E-state index >= 15 is 0 Å². The van der Waals surface area contributed by atoms with Gasteiger partial charge in [-0.15, -0.1) is 0 Å². The van der Waals surface area contributed by atoms with E-state index in [-0.39, 0.29) is 12.1 Å². The quantitative estimate of drug-likeness (QED) is 0.268. The van der Waals surface area contributed by atoms with Crippen molar-refractivity contribution in [3.05, 3.63) is 108 Å². The summed E-state index contributed by atoms with van der Waals surface area (Å²) in [6, 6.07) is 28.9. The second-order valence-electron chi connectivity index (χ2n) is 9.20. The Bertz CT molecular complexity index is 1030. The lowest BCUT2D eigenvalue weighted by atomic mass is 10.1. The third kappa shape index (κ3) is 4.16. The fourth-order valence-corrected chi connectivity index (χ4v) is 7.87. The molecule has 30 heavy (non-hydrogen) atoms. The molecule has 0 radical (unpaired) electrons. The van der Waals surface area contributed by atoms with Gasteiger partial charge in [0.1, 0.15) is 0 Å². The largest absolute Gasteiger partial charge is 0.296 e. The van der Waals surface area contributed by atoms with Gasteiger partial charge in [0.05, 0.1) is 20.2 Å². The van der Waals surface area contributed by atoms with Crippen molar-refractivity contribution in [3.8, 4) is 0 Å². The molecule has 1 aliphatic heterocycles. The Labute approximate surface area is 181 Å². The van der Waals surface area contributed by atoms with Gasteiger partial charge < -0.3 is 0 Å². The molecule has 0 bridgehead atoms. The highest BCUT2D eigenvalue weighted by Gasteiger charge is 2.57. The molecule has 0 saturated carbocycles. The van der Waals surface area contributed by atoms with Crippen molar-refractivity contribution in [2.75, 3.05) is 0 Å². The van der Waals surface area contributed by atoms with Crippen molar-refractivity contribution >= 4 is 26.0 Å². The van der Waals surface area contributed by atoms with E-state index in [1.165, 1.54) is 11.1 Å². The highest BCUT2D eigenvalue weighted by molar-refractivity contribution is 7.76. The Balaban J connectivity index is 1.84. The topological polar surface area (TPSA) is 20.1 Å². The fraction of sp³-hybridized carbons (Fsp3) is 0.231.